The predicted octanol–water partition coefficient (Wildman–Crippen LogP) is 4.40. The van der Waals surface area contributed by atoms with Crippen molar-refractivity contribution in [1.29, 1.82) is 0 Å². The highest BCUT2D eigenvalue weighted by atomic mass is 32.2. The number of fused-ring (bicyclic) bond motifs is 2. The highest BCUT2D eigenvalue weighted by Gasteiger charge is 2.31. The number of benzene rings is 3. The van der Waals surface area contributed by atoms with Crippen molar-refractivity contribution in [2.75, 3.05) is 42.9 Å². The van der Waals surface area contributed by atoms with Crippen LogP contribution in [0.2, 0.25) is 0 Å². The first-order valence-corrected chi connectivity index (χ1v) is 13.7. The summed E-state index contributed by atoms with van der Waals surface area (Å²) in [5.74, 6) is -0.764. The second-order valence-corrected chi connectivity index (χ2v) is 11.7. The fourth-order valence-corrected chi connectivity index (χ4v) is 6.72. The molecule has 0 atom stereocenters. The molecule has 0 fully saturated rings. The summed E-state index contributed by atoms with van der Waals surface area (Å²) in [4.78, 5) is 21.5. The molecule has 0 saturated heterocycles. The van der Waals surface area contributed by atoms with Gasteiger partial charge in [0.15, 0.2) is 5.13 Å². The van der Waals surface area contributed by atoms with Gasteiger partial charge in [-0.2, -0.15) is 0 Å². The summed E-state index contributed by atoms with van der Waals surface area (Å²) in [6.07, 6.45) is 0.662. The summed E-state index contributed by atoms with van der Waals surface area (Å²) in [7, 11) is 0.0385. The molecule has 36 heavy (non-hydrogen) atoms. The Hall–Kier alpha value is -3.34. The molecule has 3 aromatic carbocycles. The van der Waals surface area contributed by atoms with E-state index in [1.165, 1.54) is 50.9 Å². The van der Waals surface area contributed by atoms with E-state index >= 15 is 0 Å². The molecule has 0 bridgehead atoms. The van der Waals surface area contributed by atoms with Gasteiger partial charge in [0, 0.05) is 25.2 Å². The molecule has 1 aliphatic heterocycles. The van der Waals surface area contributed by atoms with E-state index in [1.54, 1.807) is 18.2 Å². The SMILES string of the molecule is CN(C)CCN(C(=O)c1ccc(S(=O)(=O)N2CCc3ccccc32)cc1)c1nc2c(F)cccc2s1. The van der Waals surface area contributed by atoms with Crippen LogP contribution in [-0.4, -0.2) is 57.9 Å². The first-order valence-electron chi connectivity index (χ1n) is 11.5. The van der Waals surface area contributed by atoms with Crippen molar-refractivity contribution in [3.63, 3.8) is 0 Å². The number of anilines is 2. The lowest BCUT2D eigenvalue weighted by molar-refractivity contribution is 0.0985. The van der Waals surface area contributed by atoms with Gasteiger partial charge in [0.2, 0.25) is 0 Å². The molecule has 5 rings (SSSR count). The molecule has 2 heterocycles. The van der Waals surface area contributed by atoms with Crippen LogP contribution < -0.4 is 9.21 Å². The predicted molar refractivity (Wildman–Crippen MR) is 141 cm³/mol. The average molecular weight is 525 g/mol. The van der Waals surface area contributed by atoms with Gasteiger partial charge in [-0.25, -0.2) is 17.8 Å². The molecular weight excluding hydrogens is 499 g/mol. The van der Waals surface area contributed by atoms with Crippen LogP contribution in [0.1, 0.15) is 15.9 Å². The minimum atomic E-state index is -3.76. The highest BCUT2D eigenvalue weighted by molar-refractivity contribution is 7.92. The molecular formula is C26H25FN4O3S2. The summed E-state index contributed by atoms with van der Waals surface area (Å²) in [6, 6.07) is 18.2. The molecule has 1 aliphatic rings. The van der Waals surface area contributed by atoms with E-state index < -0.39 is 15.8 Å². The van der Waals surface area contributed by atoms with E-state index in [2.05, 4.69) is 4.98 Å². The molecule has 0 radical (unpaired) electrons. The lowest BCUT2D eigenvalue weighted by Gasteiger charge is -2.22. The van der Waals surface area contributed by atoms with Crippen LogP contribution in [0.5, 0.6) is 0 Å². The van der Waals surface area contributed by atoms with Crippen molar-refractivity contribution < 1.29 is 17.6 Å². The first-order chi connectivity index (χ1) is 17.3. The molecule has 10 heteroatoms. The number of halogens is 1. The minimum absolute atomic E-state index is 0.123. The van der Waals surface area contributed by atoms with Crippen molar-refractivity contribution in [3.8, 4) is 0 Å². The van der Waals surface area contributed by atoms with Crippen LogP contribution in [-0.2, 0) is 16.4 Å². The molecule has 1 amide bonds. The van der Waals surface area contributed by atoms with Crippen molar-refractivity contribution in [2.45, 2.75) is 11.3 Å². The normalized spacial score (nSPS) is 13.4. The van der Waals surface area contributed by atoms with Gasteiger partial charge in [0.1, 0.15) is 11.3 Å². The second kappa shape index (κ2) is 9.61. The van der Waals surface area contributed by atoms with Crippen molar-refractivity contribution in [2.24, 2.45) is 0 Å². The Morgan fingerprint density at radius 2 is 1.78 bits per heavy atom. The van der Waals surface area contributed by atoms with Crippen molar-refractivity contribution in [1.82, 2.24) is 9.88 Å². The summed E-state index contributed by atoms with van der Waals surface area (Å²) >= 11 is 1.24. The van der Waals surface area contributed by atoms with Gasteiger partial charge >= 0.3 is 0 Å². The number of rotatable bonds is 7. The number of sulfonamides is 1. The fourth-order valence-electron chi connectivity index (χ4n) is 4.21. The molecule has 0 spiro atoms. The number of thiazole rings is 1. The van der Waals surface area contributed by atoms with Crippen LogP contribution in [0.25, 0.3) is 10.2 Å². The van der Waals surface area contributed by atoms with Crippen LogP contribution in [0.15, 0.2) is 71.6 Å². The Labute approximate surface area is 213 Å². The van der Waals surface area contributed by atoms with Gasteiger partial charge in [-0.3, -0.25) is 14.0 Å². The first kappa shape index (κ1) is 24.4. The van der Waals surface area contributed by atoms with E-state index in [9.17, 15) is 17.6 Å². The largest absolute Gasteiger partial charge is 0.308 e. The number of carbonyl (C=O) groups is 1. The number of amides is 1. The summed E-state index contributed by atoms with van der Waals surface area (Å²) in [5, 5.41) is 0.396. The second-order valence-electron chi connectivity index (χ2n) is 8.82. The van der Waals surface area contributed by atoms with E-state index in [-0.39, 0.29) is 16.3 Å². The Bertz CT molecular complexity index is 1530. The molecule has 7 nitrogen and oxygen atoms in total. The van der Waals surface area contributed by atoms with E-state index in [4.69, 9.17) is 0 Å². The molecule has 0 N–H and O–H groups in total. The molecule has 4 aromatic rings. The van der Waals surface area contributed by atoms with Gasteiger partial charge in [-0.05, 0) is 68.5 Å². The highest BCUT2D eigenvalue weighted by Crippen LogP contribution is 2.34. The Balaban J connectivity index is 1.44. The monoisotopic (exact) mass is 524 g/mol. The van der Waals surface area contributed by atoms with E-state index in [0.717, 1.165) is 5.56 Å². The molecule has 186 valence electrons. The summed E-state index contributed by atoms with van der Waals surface area (Å²) in [6.45, 7) is 1.30. The molecule has 0 aliphatic carbocycles. The number of hydrogen-bond acceptors (Lipinski definition) is 6. The Morgan fingerprint density at radius 3 is 2.50 bits per heavy atom. The zero-order valence-electron chi connectivity index (χ0n) is 19.9. The lowest BCUT2D eigenvalue weighted by Crippen LogP contribution is -2.36. The maximum absolute atomic E-state index is 14.2. The van der Waals surface area contributed by atoms with Crippen molar-refractivity contribution in [3.05, 3.63) is 83.7 Å². The van der Waals surface area contributed by atoms with Crippen molar-refractivity contribution >= 4 is 48.3 Å². The van der Waals surface area contributed by atoms with E-state index in [0.29, 0.717) is 47.1 Å². The van der Waals surface area contributed by atoms with Crippen LogP contribution in [0, 0.1) is 5.82 Å². The zero-order valence-corrected chi connectivity index (χ0v) is 21.5. The summed E-state index contributed by atoms with van der Waals surface area (Å²) < 4.78 is 43.0. The maximum Gasteiger partial charge on any atom is 0.264 e. The summed E-state index contributed by atoms with van der Waals surface area (Å²) in [5.41, 5.74) is 2.24. The fraction of sp³-hybridized carbons (Fsp3) is 0.231. The molecule has 0 saturated carbocycles. The average Bonchev–Trinajstić information content (AvgIpc) is 3.50. The Kier molecular flexibility index (Phi) is 6.50. The minimum Gasteiger partial charge on any atom is -0.308 e. The maximum atomic E-state index is 14.2. The van der Waals surface area contributed by atoms with Gasteiger partial charge in [0.05, 0.1) is 15.3 Å². The van der Waals surface area contributed by atoms with E-state index in [1.807, 2.05) is 37.2 Å². The standard InChI is InChI=1S/C26H25FN4O3S2/c1-29(2)16-17-30(26-28-24-21(27)7-5-9-23(24)35-26)25(32)19-10-12-20(13-11-19)36(33,34)31-15-14-18-6-3-4-8-22(18)31/h3-13H,14-17H2,1-2H3. The Morgan fingerprint density at radius 1 is 1.03 bits per heavy atom. The molecule has 1 aromatic heterocycles. The number of nitrogens with zero attached hydrogens (tertiary/aromatic N) is 4. The van der Waals surface area contributed by atoms with Gasteiger partial charge in [-0.15, -0.1) is 0 Å². The van der Waals surface area contributed by atoms with Crippen LogP contribution >= 0.6 is 11.3 Å². The zero-order chi connectivity index (χ0) is 25.4. The van der Waals surface area contributed by atoms with Gasteiger partial charge in [-0.1, -0.05) is 35.6 Å². The third-order valence-corrected chi connectivity index (χ3v) is 9.01. The third-order valence-electron chi connectivity index (χ3n) is 6.14. The quantitative estimate of drug-likeness (QED) is 0.358. The van der Waals surface area contributed by atoms with Gasteiger partial charge in [0.25, 0.3) is 15.9 Å². The number of hydrogen-bond donors (Lipinski definition) is 0. The van der Waals surface area contributed by atoms with Gasteiger partial charge < -0.3 is 4.90 Å². The number of aromatic nitrogens is 1. The number of likely N-dealkylation sites (N-methyl/N-ethyl adjacent to an activating group) is 1. The van der Waals surface area contributed by atoms with Crippen LogP contribution in [0.3, 0.4) is 0 Å². The number of carbonyl (C=O) groups excluding carboxylic acids is 1. The lowest BCUT2D eigenvalue weighted by atomic mass is 10.2. The topological polar surface area (TPSA) is 73.8 Å². The molecule has 0 unspecified atom stereocenters. The third kappa shape index (κ3) is 4.47. The van der Waals surface area contributed by atoms with Crippen LogP contribution in [0.4, 0.5) is 15.2 Å². The smallest absolute Gasteiger partial charge is 0.264 e. The number of para-hydroxylation sites is 2.